The molecule has 130 valence electrons. The highest BCUT2D eigenvalue weighted by molar-refractivity contribution is 6.21. The Labute approximate surface area is 146 Å². The molecule has 5 aliphatic rings. The number of carbonyl (C=O) groups excluding carboxylic acids is 2. The molecule has 5 heterocycles. The number of quaternary nitrogens is 1. The van der Waals surface area contributed by atoms with Crippen LogP contribution in [0.15, 0.2) is 36.4 Å². The maximum Gasteiger partial charge on any atom is 0.261 e. The smallest absolute Gasteiger partial charge is 0.261 e. The third-order valence-corrected chi connectivity index (χ3v) is 5.53. The monoisotopic (exact) mass is 340 g/mol. The Kier molecular flexibility index (Phi) is 3.33. The van der Waals surface area contributed by atoms with E-state index in [0.717, 1.165) is 51.0 Å². The summed E-state index contributed by atoms with van der Waals surface area (Å²) in [5.41, 5.74) is 1.04. The summed E-state index contributed by atoms with van der Waals surface area (Å²) >= 11 is 0. The number of hydrogen-bond donors (Lipinski definition) is 0. The SMILES string of the molecule is O=C1c2ccccc2C(=O)N1C/C=C/C[N+]12CN3CN(CN(C3)C1)C2. The average molecular weight is 340 g/mol. The van der Waals surface area contributed by atoms with Crippen molar-refractivity contribution in [2.24, 2.45) is 0 Å². The summed E-state index contributed by atoms with van der Waals surface area (Å²) in [6, 6.07) is 7.05. The molecule has 7 heteroatoms. The van der Waals surface area contributed by atoms with E-state index in [0.29, 0.717) is 17.7 Å². The van der Waals surface area contributed by atoms with Crippen LogP contribution in [0.4, 0.5) is 0 Å². The Bertz CT molecular complexity index is 704. The second kappa shape index (κ2) is 5.47. The number of amides is 2. The van der Waals surface area contributed by atoms with Crippen LogP contribution in [0.2, 0.25) is 0 Å². The van der Waals surface area contributed by atoms with Crippen LogP contribution in [0.5, 0.6) is 0 Å². The minimum atomic E-state index is -0.183. The number of carbonyl (C=O) groups is 2. The first-order chi connectivity index (χ1) is 12.1. The molecule has 0 atom stereocenters. The van der Waals surface area contributed by atoms with Gasteiger partial charge in [-0.2, -0.15) is 0 Å². The molecule has 1 aromatic carbocycles. The first kappa shape index (κ1) is 15.2. The highest BCUT2D eigenvalue weighted by Crippen LogP contribution is 2.28. The van der Waals surface area contributed by atoms with Crippen molar-refractivity contribution >= 4 is 11.8 Å². The number of nitrogens with zero attached hydrogens (tertiary/aromatic N) is 5. The Morgan fingerprint density at radius 3 is 1.88 bits per heavy atom. The van der Waals surface area contributed by atoms with E-state index in [1.165, 1.54) is 4.90 Å². The van der Waals surface area contributed by atoms with Crippen LogP contribution < -0.4 is 0 Å². The van der Waals surface area contributed by atoms with Gasteiger partial charge in [0.05, 0.1) is 31.1 Å². The van der Waals surface area contributed by atoms with Gasteiger partial charge in [-0.1, -0.05) is 18.2 Å². The minimum Gasteiger partial charge on any atom is -0.283 e. The summed E-state index contributed by atoms with van der Waals surface area (Å²) in [6.07, 6.45) is 4.11. The Morgan fingerprint density at radius 2 is 1.36 bits per heavy atom. The van der Waals surface area contributed by atoms with Gasteiger partial charge in [-0.15, -0.1) is 0 Å². The van der Waals surface area contributed by atoms with Crippen molar-refractivity contribution in [2.75, 3.05) is 53.1 Å². The van der Waals surface area contributed by atoms with Crippen molar-refractivity contribution in [1.29, 1.82) is 0 Å². The number of fused-ring (bicyclic) bond motifs is 1. The van der Waals surface area contributed by atoms with E-state index in [9.17, 15) is 9.59 Å². The Morgan fingerprint density at radius 1 is 0.840 bits per heavy atom. The normalized spacial score (nSPS) is 35.8. The molecule has 6 rings (SSSR count). The number of benzene rings is 1. The molecule has 4 fully saturated rings. The van der Waals surface area contributed by atoms with Gasteiger partial charge in [-0.3, -0.25) is 19.0 Å². The van der Waals surface area contributed by atoms with Crippen molar-refractivity contribution in [3.63, 3.8) is 0 Å². The lowest BCUT2D eigenvalue weighted by Gasteiger charge is -2.60. The molecule has 0 spiro atoms. The van der Waals surface area contributed by atoms with Crippen LogP contribution in [0.3, 0.4) is 0 Å². The zero-order chi connectivity index (χ0) is 17.0. The predicted octanol–water partition coefficient (Wildman–Crippen LogP) is 0.347. The largest absolute Gasteiger partial charge is 0.283 e. The molecule has 0 radical (unpaired) electrons. The minimum absolute atomic E-state index is 0.183. The maximum absolute atomic E-state index is 12.4. The zero-order valence-corrected chi connectivity index (χ0v) is 14.2. The van der Waals surface area contributed by atoms with Crippen LogP contribution in [-0.4, -0.2) is 89.0 Å². The molecule has 5 aliphatic heterocycles. The van der Waals surface area contributed by atoms with Crippen LogP contribution in [0, 0.1) is 0 Å². The van der Waals surface area contributed by atoms with E-state index >= 15 is 0 Å². The van der Waals surface area contributed by atoms with Crippen molar-refractivity contribution in [2.45, 2.75) is 0 Å². The molecule has 0 N–H and O–H groups in total. The van der Waals surface area contributed by atoms with E-state index in [2.05, 4.69) is 20.8 Å². The number of imide groups is 1. The van der Waals surface area contributed by atoms with Crippen molar-refractivity contribution in [1.82, 2.24) is 19.6 Å². The van der Waals surface area contributed by atoms with Crippen molar-refractivity contribution < 1.29 is 14.1 Å². The van der Waals surface area contributed by atoms with Gasteiger partial charge in [0, 0.05) is 6.54 Å². The fraction of sp³-hybridized carbons (Fsp3) is 0.444. The van der Waals surface area contributed by atoms with Crippen molar-refractivity contribution in [3.05, 3.63) is 47.5 Å². The van der Waals surface area contributed by atoms with Gasteiger partial charge >= 0.3 is 0 Å². The van der Waals surface area contributed by atoms with E-state index < -0.39 is 0 Å². The Hall–Kier alpha value is -2.06. The van der Waals surface area contributed by atoms with Gasteiger partial charge in [0.2, 0.25) is 0 Å². The lowest BCUT2D eigenvalue weighted by atomic mass is 10.1. The third kappa shape index (κ3) is 2.43. The van der Waals surface area contributed by atoms with Crippen molar-refractivity contribution in [3.8, 4) is 0 Å². The quantitative estimate of drug-likeness (QED) is 0.450. The third-order valence-electron chi connectivity index (χ3n) is 5.53. The summed E-state index contributed by atoms with van der Waals surface area (Å²) in [7, 11) is 0. The lowest BCUT2D eigenvalue weighted by Crippen LogP contribution is -2.79. The summed E-state index contributed by atoms with van der Waals surface area (Å²) in [5, 5.41) is 0. The summed E-state index contributed by atoms with van der Waals surface area (Å²) in [6.45, 7) is 7.79. The molecule has 7 nitrogen and oxygen atoms in total. The fourth-order valence-electron chi connectivity index (χ4n) is 4.71. The zero-order valence-electron chi connectivity index (χ0n) is 14.2. The standard InChI is InChI=1S/C18H22N5O2/c24-17-15-5-1-2-6-16(15)18(25)22(17)7-3-4-8-23-12-19-9-20(13-23)11-21(10-19)14-23/h1-6H,7-14H2/q+1/b4-3+. The molecule has 25 heavy (non-hydrogen) atoms. The van der Waals surface area contributed by atoms with E-state index in [4.69, 9.17) is 0 Å². The van der Waals surface area contributed by atoms with Crippen LogP contribution >= 0.6 is 0 Å². The molecule has 1 aromatic rings. The molecule has 2 amide bonds. The maximum atomic E-state index is 12.4. The van der Waals surface area contributed by atoms with Gasteiger partial charge in [-0.05, 0) is 18.2 Å². The highest BCUT2D eigenvalue weighted by Gasteiger charge is 2.47. The van der Waals surface area contributed by atoms with Gasteiger partial charge < -0.3 is 0 Å². The molecular weight excluding hydrogens is 318 g/mol. The molecular formula is C18H22N5O2+. The van der Waals surface area contributed by atoms with Gasteiger partial charge in [0.25, 0.3) is 11.8 Å². The highest BCUT2D eigenvalue weighted by atomic mass is 16.2. The lowest BCUT2D eigenvalue weighted by molar-refractivity contribution is -0.975. The first-order valence-corrected chi connectivity index (χ1v) is 8.76. The van der Waals surface area contributed by atoms with Crippen LogP contribution in [0.25, 0.3) is 0 Å². The molecule has 0 aliphatic carbocycles. The van der Waals surface area contributed by atoms with Gasteiger partial charge in [-0.25, -0.2) is 14.7 Å². The fourth-order valence-corrected chi connectivity index (χ4v) is 4.71. The summed E-state index contributed by atoms with van der Waals surface area (Å²) < 4.78 is 1.03. The van der Waals surface area contributed by atoms with Gasteiger partial charge in [0.1, 0.15) is 26.6 Å². The molecule has 0 unspecified atom stereocenters. The van der Waals surface area contributed by atoms with Crippen LogP contribution in [-0.2, 0) is 0 Å². The molecule has 4 saturated heterocycles. The second-order valence-corrected chi connectivity index (χ2v) is 7.62. The average Bonchev–Trinajstić information content (AvgIpc) is 2.82. The van der Waals surface area contributed by atoms with E-state index in [1.54, 1.807) is 24.3 Å². The molecule has 0 saturated carbocycles. The summed E-state index contributed by atoms with van der Waals surface area (Å²) in [4.78, 5) is 33.5. The first-order valence-electron chi connectivity index (χ1n) is 8.76. The van der Waals surface area contributed by atoms with E-state index in [1.807, 2.05) is 6.08 Å². The molecule has 4 bridgehead atoms. The number of rotatable bonds is 4. The predicted molar refractivity (Wildman–Crippen MR) is 90.8 cm³/mol. The van der Waals surface area contributed by atoms with Gasteiger partial charge in [0.15, 0.2) is 0 Å². The van der Waals surface area contributed by atoms with Crippen LogP contribution in [0.1, 0.15) is 20.7 Å². The second-order valence-electron chi connectivity index (χ2n) is 7.62. The number of hydrogen-bond acceptors (Lipinski definition) is 5. The summed E-state index contributed by atoms with van der Waals surface area (Å²) in [5.74, 6) is -0.365. The molecule has 0 aromatic heterocycles. The topological polar surface area (TPSA) is 47.1 Å². The van der Waals surface area contributed by atoms with E-state index in [-0.39, 0.29) is 11.8 Å². The Balaban J connectivity index is 1.24.